The van der Waals surface area contributed by atoms with Crippen molar-refractivity contribution in [2.24, 2.45) is 5.92 Å². The third kappa shape index (κ3) is 5.33. The Kier molecular flexibility index (Phi) is 8.78. The van der Waals surface area contributed by atoms with Crippen LogP contribution in [-0.4, -0.2) is 28.8 Å². The molecular weight excluding hydrogens is 308 g/mol. The molecule has 4 atom stereocenters. The van der Waals surface area contributed by atoms with Gasteiger partial charge in [0, 0.05) is 18.1 Å². The number of hydrogen-bond acceptors (Lipinski definition) is 3. The second kappa shape index (κ2) is 9.22. The van der Waals surface area contributed by atoms with Crippen molar-refractivity contribution in [3.05, 3.63) is 0 Å². The molecule has 2 fully saturated rings. The minimum atomic E-state index is -0.952. The fourth-order valence-corrected chi connectivity index (χ4v) is 4.31. The molecule has 2 rings (SSSR count). The van der Waals surface area contributed by atoms with Crippen LogP contribution < -0.4 is 40.0 Å². The van der Waals surface area contributed by atoms with E-state index >= 15 is 0 Å². The number of alkyl halides is 2. The van der Waals surface area contributed by atoms with Crippen LogP contribution in [-0.2, 0) is 4.79 Å². The molecule has 0 amide bonds. The Morgan fingerprint density at radius 2 is 1.65 bits per heavy atom. The van der Waals surface area contributed by atoms with Gasteiger partial charge in [0.2, 0.25) is 0 Å². The number of rotatable bonds is 4. The van der Waals surface area contributed by atoms with E-state index in [2.05, 4.69) is 5.32 Å². The topological polar surface area (TPSA) is 52.2 Å². The average molecular weight is 330 g/mol. The first-order valence-corrected chi connectivity index (χ1v) is 8.19. The summed E-state index contributed by atoms with van der Waals surface area (Å²) in [7, 11) is 0. The van der Waals surface area contributed by atoms with Gasteiger partial charge in [0.05, 0.1) is 10.8 Å². The number of halogens is 2. The first-order chi connectivity index (χ1) is 9.08. The van der Waals surface area contributed by atoms with Crippen molar-refractivity contribution in [1.29, 1.82) is 0 Å². The van der Waals surface area contributed by atoms with Crippen LogP contribution in [0.4, 0.5) is 0 Å². The Labute approximate surface area is 153 Å². The molecule has 6 heteroatoms. The Balaban J connectivity index is 0.00000200. The van der Waals surface area contributed by atoms with Gasteiger partial charge in [-0.25, -0.2) is 0 Å². The maximum absolute atomic E-state index is 10.8. The van der Waals surface area contributed by atoms with Crippen molar-refractivity contribution in [2.75, 3.05) is 0 Å². The van der Waals surface area contributed by atoms with E-state index in [-0.39, 0.29) is 64.7 Å². The molecular formula is C14H22Cl2NNaO2. The molecule has 0 aromatic carbocycles. The van der Waals surface area contributed by atoms with Crippen LogP contribution in [0.1, 0.15) is 51.4 Å². The predicted octanol–water partition coefficient (Wildman–Crippen LogP) is -0.954. The summed E-state index contributed by atoms with van der Waals surface area (Å²) < 4.78 is 0. The molecule has 0 aliphatic heterocycles. The molecule has 0 bridgehead atoms. The summed E-state index contributed by atoms with van der Waals surface area (Å²) in [6.07, 6.45) is 7.42. The number of carbonyl (C=O) groups is 1. The zero-order chi connectivity index (χ0) is 13.8. The van der Waals surface area contributed by atoms with Crippen LogP contribution in [0.25, 0.3) is 0 Å². The van der Waals surface area contributed by atoms with Crippen LogP contribution in [0.5, 0.6) is 0 Å². The smallest absolute Gasteiger partial charge is 0.550 e. The van der Waals surface area contributed by atoms with Gasteiger partial charge in [-0.2, -0.15) is 0 Å². The minimum Gasteiger partial charge on any atom is -0.550 e. The van der Waals surface area contributed by atoms with Crippen LogP contribution in [0.15, 0.2) is 0 Å². The number of nitrogens with one attached hydrogen (secondary N) is 1. The molecule has 110 valence electrons. The van der Waals surface area contributed by atoms with Crippen molar-refractivity contribution in [3.8, 4) is 0 Å². The molecule has 0 saturated heterocycles. The Morgan fingerprint density at radius 3 is 2.25 bits per heavy atom. The van der Waals surface area contributed by atoms with Gasteiger partial charge in [0.25, 0.3) is 0 Å². The van der Waals surface area contributed by atoms with Crippen LogP contribution in [0.3, 0.4) is 0 Å². The van der Waals surface area contributed by atoms with Gasteiger partial charge in [-0.1, -0.05) is 19.3 Å². The quantitative estimate of drug-likeness (QED) is 0.534. The van der Waals surface area contributed by atoms with Gasteiger partial charge >= 0.3 is 29.6 Å². The molecule has 4 unspecified atom stereocenters. The van der Waals surface area contributed by atoms with E-state index in [0.29, 0.717) is 0 Å². The van der Waals surface area contributed by atoms with Gasteiger partial charge in [-0.3, -0.25) is 0 Å². The van der Waals surface area contributed by atoms with E-state index in [1.165, 1.54) is 0 Å². The number of carbonyl (C=O) groups excluding carboxylic acids is 1. The molecule has 20 heavy (non-hydrogen) atoms. The fraction of sp³-hybridized carbons (Fsp3) is 0.929. The SMILES string of the molecule is O=C([O-])CC1CCCCC1NC1C(Cl)CCCC1Cl.[Na+]. The Hall–Kier alpha value is 1.01. The van der Waals surface area contributed by atoms with Crippen LogP contribution >= 0.6 is 23.2 Å². The van der Waals surface area contributed by atoms with E-state index in [9.17, 15) is 9.90 Å². The third-order valence-electron chi connectivity index (χ3n) is 4.48. The fourth-order valence-electron chi connectivity index (χ4n) is 3.44. The van der Waals surface area contributed by atoms with Gasteiger partial charge in [-0.05, 0) is 38.0 Å². The van der Waals surface area contributed by atoms with Crippen molar-refractivity contribution >= 4 is 29.2 Å². The normalized spacial score (nSPS) is 38.0. The van der Waals surface area contributed by atoms with Crippen molar-refractivity contribution in [2.45, 2.75) is 74.2 Å². The number of hydrogen-bond donors (Lipinski definition) is 1. The first kappa shape index (κ1) is 19.1. The van der Waals surface area contributed by atoms with Crippen molar-refractivity contribution in [3.63, 3.8) is 0 Å². The summed E-state index contributed by atoms with van der Waals surface area (Å²) in [5.74, 6) is -0.791. The second-order valence-electron chi connectivity index (χ2n) is 5.88. The molecule has 1 N–H and O–H groups in total. The standard InChI is InChI=1S/C14H23Cl2NO2.Na/c15-10-5-3-6-11(16)14(10)17-12-7-2-1-4-9(12)8-13(18)19;/h9-12,14,17H,1-8H2,(H,18,19);/q;+1/p-1. The zero-order valence-electron chi connectivity index (χ0n) is 12.1. The van der Waals surface area contributed by atoms with E-state index in [0.717, 1.165) is 44.9 Å². The molecule has 0 aromatic rings. The first-order valence-electron chi connectivity index (χ1n) is 7.32. The van der Waals surface area contributed by atoms with Gasteiger partial charge in [-0.15, -0.1) is 23.2 Å². The van der Waals surface area contributed by atoms with Crippen LogP contribution in [0.2, 0.25) is 0 Å². The summed E-state index contributed by atoms with van der Waals surface area (Å²) >= 11 is 12.7. The third-order valence-corrected chi connectivity index (χ3v) is 5.46. The van der Waals surface area contributed by atoms with E-state index in [1.54, 1.807) is 0 Å². The van der Waals surface area contributed by atoms with Crippen molar-refractivity contribution < 1.29 is 39.5 Å². The maximum Gasteiger partial charge on any atom is 1.00 e. The van der Waals surface area contributed by atoms with Gasteiger partial charge < -0.3 is 15.2 Å². The average Bonchev–Trinajstić information content (AvgIpc) is 2.35. The minimum absolute atomic E-state index is 0. The van der Waals surface area contributed by atoms with E-state index < -0.39 is 5.97 Å². The molecule has 0 radical (unpaired) electrons. The monoisotopic (exact) mass is 329 g/mol. The molecule has 0 aromatic heterocycles. The maximum atomic E-state index is 10.8. The summed E-state index contributed by atoms with van der Waals surface area (Å²) in [6, 6.07) is 0.321. The summed E-state index contributed by atoms with van der Waals surface area (Å²) in [4.78, 5) is 10.8. The summed E-state index contributed by atoms with van der Waals surface area (Å²) in [5.41, 5.74) is 0. The predicted molar refractivity (Wildman–Crippen MR) is 75.4 cm³/mol. The molecule has 2 saturated carbocycles. The second-order valence-corrected chi connectivity index (χ2v) is 7.00. The molecule has 2 aliphatic carbocycles. The molecule has 0 spiro atoms. The van der Waals surface area contributed by atoms with E-state index in [1.807, 2.05) is 0 Å². The number of carboxylic acid groups (broad SMARTS) is 1. The Bertz CT molecular complexity index is 310. The van der Waals surface area contributed by atoms with E-state index in [4.69, 9.17) is 23.2 Å². The molecule has 2 aliphatic rings. The Morgan fingerprint density at radius 1 is 1.05 bits per heavy atom. The van der Waals surface area contributed by atoms with Gasteiger partial charge in [0.15, 0.2) is 0 Å². The summed E-state index contributed by atoms with van der Waals surface area (Å²) in [6.45, 7) is 0. The van der Waals surface area contributed by atoms with Crippen LogP contribution in [0, 0.1) is 5.92 Å². The zero-order valence-corrected chi connectivity index (χ0v) is 15.6. The number of carboxylic acids is 1. The molecule has 0 heterocycles. The molecule has 3 nitrogen and oxygen atoms in total. The largest absolute Gasteiger partial charge is 1.00 e. The van der Waals surface area contributed by atoms with Gasteiger partial charge in [0.1, 0.15) is 0 Å². The van der Waals surface area contributed by atoms with Crippen molar-refractivity contribution in [1.82, 2.24) is 5.32 Å². The number of aliphatic carboxylic acids is 1. The summed E-state index contributed by atoms with van der Waals surface area (Å²) in [5, 5.41) is 14.5.